The van der Waals surface area contributed by atoms with Crippen molar-refractivity contribution < 1.29 is 13.2 Å². The first-order valence-corrected chi connectivity index (χ1v) is 8.50. The minimum Gasteiger partial charge on any atom is -0.487 e. The van der Waals surface area contributed by atoms with Crippen LogP contribution in [0.3, 0.4) is 0 Å². The number of benzene rings is 1. The molecule has 0 spiro atoms. The van der Waals surface area contributed by atoms with Crippen LogP contribution in [0.2, 0.25) is 0 Å². The molecule has 0 radical (unpaired) electrons. The van der Waals surface area contributed by atoms with E-state index in [1.807, 2.05) is 12.1 Å². The van der Waals surface area contributed by atoms with Crippen LogP contribution in [-0.2, 0) is 22.8 Å². The molecule has 1 aromatic rings. The lowest BCUT2D eigenvalue weighted by Gasteiger charge is -2.16. The molecule has 2 rings (SSSR count). The number of hydrogen-bond acceptors (Lipinski definition) is 4. The van der Waals surface area contributed by atoms with Crippen molar-refractivity contribution in [2.24, 2.45) is 0 Å². The van der Waals surface area contributed by atoms with Gasteiger partial charge in [0.1, 0.15) is 21.2 Å². The maximum atomic E-state index is 11.0. The van der Waals surface area contributed by atoms with Gasteiger partial charge in [0.15, 0.2) is 0 Å². The topological polar surface area (TPSA) is 55.4 Å². The highest BCUT2D eigenvalue weighted by Gasteiger charge is 2.29. The van der Waals surface area contributed by atoms with Gasteiger partial charge in [-0.25, -0.2) is 8.42 Å². The highest BCUT2D eigenvalue weighted by atomic mass is 32.2. The highest BCUT2D eigenvalue weighted by Crippen LogP contribution is 2.35. The van der Waals surface area contributed by atoms with E-state index in [1.165, 1.54) is 11.8 Å². The second-order valence-corrected chi connectivity index (χ2v) is 8.05. The van der Waals surface area contributed by atoms with Crippen molar-refractivity contribution in [3.05, 3.63) is 29.3 Å². The maximum Gasteiger partial charge on any atom is 0.148 e. The zero-order chi connectivity index (χ0) is 14.1. The molecule has 4 nitrogen and oxygen atoms in total. The van der Waals surface area contributed by atoms with Crippen molar-refractivity contribution in [2.75, 3.05) is 18.6 Å². The Morgan fingerprint density at radius 2 is 2.11 bits per heavy atom. The normalized spacial score (nSPS) is 17.0. The summed E-state index contributed by atoms with van der Waals surface area (Å²) in [4.78, 5) is 0. The Kier molecular flexibility index (Phi) is 3.87. The van der Waals surface area contributed by atoms with Gasteiger partial charge >= 0.3 is 0 Å². The van der Waals surface area contributed by atoms with Crippen LogP contribution in [0.15, 0.2) is 18.2 Å². The van der Waals surface area contributed by atoms with Gasteiger partial charge in [-0.2, -0.15) is 0 Å². The summed E-state index contributed by atoms with van der Waals surface area (Å²) >= 11 is 0. The minimum absolute atomic E-state index is 0.120. The Bertz CT molecular complexity index is 564. The molecule has 1 aromatic carbocycles. The zero-order valence-corrected chi connectivity index (χ0v) is 12.5. The highest BCUT2D eigenvalue weighted by molar-refractivity contribution is 7.90. The average molecular weight is 283 g/mol. The molecule has 106 valence electrons. The van der Waals surface area contributed by atoms with E-state index in [-0.39, 0.29) is 11.4 Å². The molecule has 0 saturated heterocycles. The van der Waals surface area contributed by atoms with Gasteiger partial charge in [0.25, 0.3) is 0 Å². The number of nitrogens with one attached hydrogen (secondary N) is 1. The fourth-order valence-corrected chi connectivity index (χ4v) is 2.78. The van der Waals surface area contributed by atoms with E-state index in [0.29, 0.717) is 13.1 Å². The molecular weight excluding hydrogens is 262 g/mol. The molecule has 0 bridgehead atoms. The summed E-state index contributed by atoms with van der Waals surface area (Å²) in [5.74, 6) is 1.14. The third-order valence-electron chi connectivity index (χ3n) is 3.11. The molecule has 1 aliphatic rings. The first-order valence-electron chi connectivity index (χ1n) is 6.44. The molecule has 0 aliphatic carbocycles. The van der Waals surface area contributed by atoms with Crippen molar-refractivity contribution in [3.63, 3.8) is 0 Å². The van der Waals surface area contributed by atoms with Crippen LogP contribution < -0.4 is 10.1 Å². The molecule has 1 heterocycles. The summed E-state index contributed by atoms with van der Waals surface area (Å²) in [6.45, 7) is 5.33. The van der Waals surface area contributed by atoms with E-state index in [2.05, 4.69) is 25.2 Å². The van der Waals surface area contributed by atoms with Crippen molar-refractivity contribution in [1.82, 2.24) is 5.32 Å². The van der Waals surface area contributed by atoms with Crippen LogP contribution in [0, 0.1) is 0 Å². The SMILES string of the molecule is CC1(C)Cc2cc(CNCCS(C)(=O)=O)ccc2O1. The Labute approximate surface area is 115 Å². The van der Waals surface area contributed by atoms with E-state index in [1.54, 1.807) is 0 Å². The lowest BCUT2D eigenvalue weighted by atomic mass is 10.0. The van der Waals surface area contributed by atoms with Crippen molar-refractivity contribution in [1.29, 1.82) is 0 Å². The predicted octanol–water partition coefficient (Wildman–Crippen LogP) is 1.53. The third-order valence-corrected chi connectivity index (χ3v) is 4.05. The molecule has 1 aliphatic heterocycles. The fourth-order valence-electron chi connectivity index (χ4n) is 2.26. The van der Waals surface area contributed by atoms with E-state index in [4.69, 9.17) is 4.74 Å². The van der Waals surface area contributed by atoms with E-state index >= 15 is 0 Å². The lowest BCUT2D eigenvalue weighted by Crippen LogP contribution is -2.24. The number of fused-ring (bicyclic) bond motifs is 1. The van der Waals surface area contributed by atoms with Crippen LogP contribution in [0.5, 0.6) is 5.75 Å². The maximum absolute atomic E-state index is 11.0. The van der Waals surface area contributed by atoms with Gasteiger partial charge < -0.3 is 10.1 Å². The second kappa shape index (κ2) is 5.13. The van der Waals surface area contributed by atoms with Gasteiger partial charge in [0.2, 0.25) is 0 Å². The molecular formula is C14H21NO3S. The van der Waals surface area contributed by atoms with Gasteiger partial charge in [-0.15, -0.1) is 0 Å². The zero-order valence-electron chi connectivity index (χ0n) is 11.7. The number of hydrogen-bond donors (Lipinski definition) is 1. The van der Waals surface area contributed by atoms with Crippen LogP contribution in [0.25, 0.3) is 0 Å². The largest absolute Gasteiger partial charge is 0.487 e. The molecule has 1 N–H and O–H groups in total. The van der Waals surface area contributed by atoms with E-state index < -0.39 is 9.84 Å². The average Bonchev–Trinajstić information content (AvgIpc) is 2.56. The molecule has 19 heavy (non-hydrogen) atoms. The van der Waals surface area contributed by atoms with Crippen LogP contribution in [0.4, 0.5) is 0 Å². The van der Waals surface area contributed by atoms with E-state index in [0.717, 1.165) is 17.7 Å². The van der Waals surface area contributed by atoms with Gasteiger partial charge in [-0.05, 0) is 31.0 Å². The van der Waals surface area contributed by atoms with Crippen LogP contribution >= 0.6 is 0 Å². The lowest BCUT2D eigenvalue weighted by molar-refractivity contribution is 0.138. The number of sulfone groups is 1. The van der Waals surface area contributed by atoms with Gasteiger partial charge in [-0.3, -0.25) is 0 Å². The summed E-state index contributed by atoms with van der Waals surface area (Å²) in [6, 6.07) is 6.16. The van der Waals surface area contributed by atoms with Gasteiger partial charge in [0, 0.05) is 25.8 Å². The van der Waals surface area contributed by atoms with Gasteiger partial charge in [-0.1, -0.05) is 12.1 Å². The Morgan fingerprint density at radius 1 is 1.37 bits per heavy atom. The molecule has 0 aromatic heterocycles. The second-order valence-electron chi connectivity index (χ2n) is 5.79. The third kappa shape index (κ3) is 4.21. The summed E-state index contributed by atoms with van der Waals surface area (Å²) in [6.07, 6.45) is 2.17. The number of rotatable bonds is 5. The van der Waals surface area contributed by atoms with Crippen molar-refractivity contribution in [2.45, 2.75) is 32.4 Å². The quantitative estimate of drug-likeness (QED) is 0.833. The van der Waals surface area contributed by atoms with E-state index in [9.17, 15) is 8.42 Å². The summed E-state index contributed by atoms with van der Waals surface area (Å²) in [7, 11) is -2.89. The smallest absolute Gasteiger partial charge is 0.148 e. The molecule has 0 atom stereocenters. The Balaban J connectivity index is 1.90. The summed E-state index contributed by atoms with van der Waals surface area (Å²) in [5.41, 5.74) is 2.27. The monoisotopic (exact) mass is 283 g/mol. The molecule has 0 saturated carbocycles. The molecule has 0 amide bonds. The predicted molar refractivity (Wildman–Crippen MR) is 76.3 cm³/mol. The standard InChI is InChI=1S/C14H21NO3S/c1-14(2)9-12-8-11(4-5-13(12)18-14)10-15-6-7-19(3,16)17/h4-5,8,15H,6-7,9-10H2,1-3H3. The summed E-state index contributed by atoms with van der Waals surface area (Å²) in [5, 5.41) is 3.15. The molecule has 5 heteroatoms. The van der Waals surface area contributed by atoms with Crippen molar-refractivity contribution in [3.8, 4) is 5.75 Å². The Hall–Kier alpha value is -1.07. The summed E-state index contributed by atoms with van der Waals surface area (Å²) < 4.78 is 27.8. The fraction of sp³-hybridized carbons (Fsp3) is 0.571. The first-order chi connectivity index (χ1) is 8.75. The first kappa shape index (κ1) is 14.3. The number of ether oxygens (including phenoxy) is 1. The van der Waals surface area contributed by atoms with Crippen LogP contribution in [0.1, 0.15) is 25.0 Å². The Morgan fingerprint density at radius 3 is 2.79 bits per heavy atom. The molecule has 0 unspecified atom stereocenters. The van der Waals surface area contributed by atoms with Crippen LogP contribution in [-0.4, -0.2) is 32.6 Å². The van der Waals surface area contributed by atoms with Crippen molar-refractivity contribution >= 4 is 9.84 Å². The van der Waals surface area contributed by atoms with Gasteiger partial charge in [0.05, 0.1) is 5.75 Å². The molecule has 0 fully saturated rings. The minimum atomic E-state index is -2.89.